The van der Waals surface area contributed by atoms with Crippen molar-refractivity contribution >= 4 is 11.7 Å². The molecule has 0 heterocycles. The van der Waals surface area contributed by atoms with Crippen molar-refractivity contribution < 1.29 is 14.8 Å². The quantitative estimate of drug-likeness (QED) is 0.606. The fourth-order valence-electron chi connectivity index (χ4n) is 1.28. The van der Waals surface area contributed by atoms with Gasteiger partial charge in [0, 0.05) is 11.6 Å². The summed E-state index contributed by atoms with van der Waals surface area (Å²) in [5.41, 5.74) is 0.433. The first kappa shape index (κ1) is 11.2. The van der Waals surface area contributed by atoms with Crippen molar-refractivity contribution in [2.75, 3.05) is 0 Å². The van der Waals surface area contributed by atoms with Crippen LogP contribution in [-0.4, -0.2) is 16.0 Å². The minimum atomic E-state index is -0.951. The van der Waals surface area contributed by atoms with Gasteiger partial charge in [-0.2, -0.15) is 0 Å². The molecule has 0 aliphatic heterocycles. The van der Waals surface area contributed by atoms with Crippen LogP contribution in [0.2, 0.25) is 0 Å². The van der Waals surface area contributed by atoms with Gasteiger partial charge < -0.3 is 5.11 Å². The van der Waals surface area contributed by atoms with E-state index in [0.29, 0.717) is 5.56 Å². The van der Waals surface area contributed by atoms with Crippen LogP contribution in [-0.2, 0) is 11.2 Å². The lowest BCUT2D eigenvalue weighted by Crippen LogP contribution is -2.13. The number of hydrogen-bond acceptors (Lipinski definition) is 3. The highest BCUT2D eigenvalue weighted by atomic mass is 16.6. The lowest BCUT2D eigenvalue weighted by atomic mass is 10.00. The zero-order valence-electron chi connectivity index (χ0n) is 8.21. The van der Waals surface area contributed by atoms with E-state index >= 15 is 0 Å². The molecule has 0 amide bonds. The lowest BCUT2D eigenvalue weighted by molar-refractivity contribution is -0.385. The molecule has 0 spiro atoms. The molecule has 1 atom stereocenters. The molecular weight excluding hydrogens is 198 g/mol. The first-order valence-corrected chi connectivity index (χ1v) is 4.47. The maximum absolute atomic E-state index is 10.6. The number of carbonyl (C=O) groups is 1. The average Bonchev–Trinajstić information content (AvgIpc) is 2.18. The highest BCUT2D eigenvalue weighted by Gasteiger charge is 2.18. The summed E-state index contributed by atoms with van der Waals surface area (Å²) < 4.78 is 0. The van der Waals surface area contributed by atoms with Crippen molar-refractivity contribution in [3.63, 3.8) is 0 Å². The highest BCUT2D eigenvalue weighted by molar-refractivity contribution is 5.70. The molecule has 1 rings (SSSR count). The Morgan fingerprint density at radius 3 is 2.67 bits per heavy atom. The van der Waals surface area contributed by atoms with E-state index in [1.165, 1.54) is 13.0 Å². The van der Waals surface area contributed by atoms with Gasteiger partial charge in [0.25, 0.3) is 5.69 Å². The van der Waals surface area contributed by atoms with Crippen molar-refractivity contribution in [2.24, 2.45) is 5.92 Å². The van der Waals surface area contributed by atoms with Gasteiger partial charge in [-0.25, -0.2) is 0 Å². The normalized spacial score (nSPS) is 12.1. The molecule has 0 aliphatic rings. The number of rotatable bonds is 4. The van der Waals surface area contributed by atoms with Gasteiger partial charge in [-0.3, -0.25) is 14.9 Å². The van der Waals surface area contributed by atoms with E-state index in [-0.39, 0.29) is 12.1 Å². The second-order valence-corrected chi connectivity index (χ2v) is 3.33. The molecule has 0 bridgehead atoms. The summed E-state index contributed by atoms with van der Waals surface area (Å²) >= 11 is 0. The Morgan fingerprint density at radius 1 is 1.53 bits per heavy atom. The van der Waals surface area contributed by atoms with Crippen LogP contribution >= 0.6 is 0 Å². The molecule has 0 saturated heterocycles. The van der Waals surface area contributed by atoms with Gasteiger partial charge in [0.1, 0.15) is 0 Å². The molecule has 0 saturated carbocycles. The van der Waals surface area contributed by atoms with Crippen LogP contribution < -0.4 is 0 Å². The van der Waals surface area contributed by atoms with Crippen LogP contribution in [0, 0.1) is 16.0 Å². The molecule has 0 aromatic heterocycles. The summed E-state index contributed by atoms with van der Waals surface area (Å²) in [5.74, 6) is -1.57. The van der Waals surface area contributed by atoms with Gasteiger partial charge in [-0.15, -0.1) is 0 Å². The molecule has 0 radical (unpaired) electrons. The smallest absolute Gasteiger partial charge is 0.306 e. The largest absolute Gasteiger partial charge is 0.481 e. The molecule has 0 aliphatic carbocycles. The van der Waals surface area contributed by atoms with Crippen LogP contribution in [0.1, 0.15) is 12.5 Å². The van der Waals surface area contributed by atoms with Gasteiger partial charge in [0.15, 0.2) is 0 Å². The predicted molar refractivity (Wildman–Crippen MR) is 53.6 cm³/mol. The van der Waals surface area contributed by atoms with Gasteiger partial charge >= 0.3 is 5.97 Å². The Morgan fingerprint density at radius 2 is 2.13 bits per heavy atom. The van der Waals surface area contributed by atoms with Crippen LogP contribution in [0.3, 0.4) is 0 Å². The second kappa shape index (κ2) is 4.54. The van der Waals surface area contributed by atoms with E-state index in [1.54, 1.807) is 18.2 Å². The third-order valence-corrected chi connectivity index (χ3v) is 2.14. The first-order chi connectivity index (χ1) is 7.02. The number of aliphatic carboxylic acids is 1. The standard InChI is InChI=1S/C10H11NO4/c1-7(10(12)13)6-8-4-2-3-5-9(8)11(14)15/h2-5,7H,6H2,1H3,(H,12,13). The second-order valence-electron chi connectivity index (χ2n) is 3.33. The van der Waals surface area contributed by atoms with Gasteiger partial charge in [-0.1, -0.05) is 25.1 Å². The molecule has 5 nitrogen and oxygen atoms in total. The van der Waals surface area contributed by atoms with Crippen molar-refractivity contribution in [3.8, 4) is 0 Å². The van der Waals surface area contributed by atoms with Crippen LogP contribution in [0.25, 0.3) is 0 Å². The molecule has 5 heteroatoms. The number of hydrogen-bond donors (Lipinski definition) is 1. The number of para-hydroxylation sites is 1. The molecule has 1 N–H and O–H groups in total. The Hall–Kier alpha value is -1.91. The molecule has 1 aromatic carbocycles. The summed E-state index contributed by atoms with van der Waals surface area (Å²) in [5, 5.41) is 19.3. The van der Waals surface area contributed by atoms with Gasteiger partial charge in [0.05, 0.1) is 10.8 Å². The average molecular weight is 209 g/mol. The number of nitro benzene ring substituents is 1. The van der Waals surface area contributed by atoms with E-state index in [4.69, 9.17) is 5.11 Å². The number of benzene rings is 1. The van der Waals surface area contributed by atoms with Crippen molar-refractivity contribution in [3.05, 3.63) is 39.9 Å². The van der Waals surface area contributed by atoms with Crippen LogP contribution in [0.15, 0.2) is 24.3 Å². The fraction of sp³-hybridized carbons (Fsp3) is 0.300. The Kier molecular flexibility index (Phi) is 3.38. The topological polar surface area (TPSA) is 80.4 Å². The van der Waals surface area contributed by atoms with Gasteiger partial charge in [-0.05, 0) is 6.42 Å². The Balaban J connectivity index is 2.94. The van der Waals surface area contributed by atoms with E-state index in [0.717, 1.165) is 0 Å². The maximum atomic E-state index is 10.6. The van der Waals surface area contributed by atoms with E-state index in [1.807, 2.05) is 0 Å². The lowest BCUT2D eigenvalue weighted by Gasteiger charge is -2.06. The molecule has 1 unspecified atom stereocenters. The molecule has 0 fully saturated rings. The Labute approximate surface area is 86.5 Å². The van der Waals surface area contributed by atoms with Crippen LogP contribution in [0.4, 0.5) is 5.69 Å². The zero-order chi connectivity index (χ0) is 11.4. The predicted octanol–water partition coefficient (Wildman–Crippen LogP) is 1.86. The van der Waals surface area contributed by atoms with Crippen molar-refractivity contribution in [2.45, 2.75) is 13.3 Å². The monoisotopic (exact) mass is 209 g/mol. The summed E-state index contributed by atoms with van der Waals surface area (Å²) in [7, 11) is 0. The van der Waals surface area contributed by atoms with E-state index < -0.39 is 16.8 Å². The minimum absolute atomic E-state index is 0.0226. The van der Waals surface area contributed by atoms with Crippen molar-refractivity contribution in [1.29, 1.82) is 0 Å². The molecule has 15 heavy (non-hydrogen) atoms. The van der Waals surface area contributed by atoms with Crippen molar-refractivity contribution in [1.82, 2.24) is 0 Å². The molecule has 1 aromatic rings. The van der Waals surface area contributed by atoms with E-state index in [9.17, 15) is 14.9 Å². The summed E-state index contributed by atoms with van der Waals surface area (Å²) in [6.07, 6.45) is 0.173. The number of nitrogens with zero attached hydrogens (tertiary/aromatic N) is 1. The Bertz CT molecular complexity index is 389. The third kappa shape index (κ3) is 2.77. The first-order valence-electron chi connectivity index (χ1n) is 4.47. The summed E-state index contributed by atoms with van der Waals surface area (Å²) in [6, 6.07) is 6.19. The number of carboxylic acid groups (broad SMARTS) is 1. The van der Waals surface area contributed by atoms with Crippen LogP contribution in [0.5, 0.6) is 0 Å². The summed E-state index contributed by atoms with van der Waals surface area (Å²) in [4.78, 5) is 20.8. The van der Waals surface area contributed by atoms with Gasteiger partial charge in [0.2, 0.25) is 0 Å². The number of carboxylic acids is 1. The molecular formula is C10H11NO4. The third-order valence-electron chi connectivity index (χ3n) is 2.14. The number of nitro groups is 1. The SMILES string of the molecule is CC(Cc1ccccc1[N+](=O)[O-])C(=O)O. The zero-order valence-corrected chi connectivity index (χ0v) is 8.21. The fourth-order valence-corrected chi connectivity index (χ4v) is 1.28. The summed E-state index contributed by atoms with van der Waals surface area (Å²) in [6.45, 7) is 1.53. The molecule has 80 valence electrons. The van der Waals surface area contributed by atoms with E-state index in [2.05, 4.69) is 0 Å². The highest BCUT2D eigenvalue weighted by Crippen LogP contribution is 2.20. The minimum Gasteiger partial charge on any atom is -0.481 e. The maximum Gasteiger partial charge on any atom is 0.306 e.